The summed E-state index contributed by atoms with van der Waals surface area (Å²) < 4.78 is 0. The number of hydrogen-bond acceptors (Lipinski definition) is 3. The molecule has 100 valence electrons. The lowest BCUT2D eigenvalue weighted by molar-refractivity contribution is -0.118. The van der Waals surface area contributed by atoms with Gasteiger partial charge in [0.25, 0.3) is 0 Å². The van der Waals surface area contributed by atoms with Crippen molar-refractivity contribution in [3.05, 3.63) is 0 Å². The SMILES string of the molecule is O=C1CCCC(=NNC(=S)NC2CCCCC2)C1. The van der Waals surface area contributed by atoms with Crippen molar-refractivity contribution >= 4 is 28.8 Å². The smallest absolute Gasteiger partial charge is 0.187 e. The molecule has 2 aliphatic carbocycles. The van der Waals surface area contributed by atoms with E-state index in [1.807, 2.05) is 0 Å². The van der Waals surface area contributed by atoms with Gasteiger partial charge in [-0.1, -0.05) is 19.3 Å². The van der Waals surface area contributed by atoms with E-state index >= 15 is 0 Å². The molecule has 0 aromatic heterocycles. The Hall–Kier alpha value is -0.970. The molecular formula is C13H21N3OS. The van der Waals surface area contributed by atoms with Gasteiger partial charge < -0.3 is 5.32 Å². The predicted molar refractivity (Wildman–Crippen MR) is 76.7 cm³/mol. The fraction of sp³-hybridized carbons (Fsp3) is 0.769. The van der Waals surface area contributed by atoms with Gasteiger partial charge in [-0.15, -0.1) is 0 Å². The summed E-state index contributed by atoms with van der Waals surface area (Å²) >= 11 is 5.22. The molecule has 0 saturated heterocycles. The average molecular weight is 267 g/mol. The monoisotopic (exact) mass is 267 g/mol. The number of hydrazone groups is 1. The standard InChI is InChI=1S/C13H21N3OS/c17-12-8-4-7-11(9-12)15-16-13(18)14-10-5-2-1-3-6-10/h10H,1-9H2,(H2,14,16,18). The topological polar surface area (TPSA) is 53.5 Å². The highest BCUT2D eigenvalue weighted by Crippen LogP contribution is 2.17. The number of ketones is 1. The summed E-state index contributed by atoms with van der Waals surface area (Å²) in [6.45, 7) is 0. The third-order valence-electron chi connectivity index (χ3n) is 3.58. The van der Waals surface area contributed by atoms with Gasteiger partial charge in [0.1, 0.15) is 5.78 Å². The van der Waals surface area contributed by atoms with Gasteiger partial charge in [0.15, 0.2) is 5.11 Å². The van der Waals surface area contributed by atoms with Gasteiger partial charge in [0.2, 0.25) is 0 Å². The fourth-order valence-corrected chi connectivity index (χ4v) is 2.80. The van der Waals surface area contributed by atoms with E-state index in [2.05, 4.69) is 15.8 Å². The molecule has 5 heteroatoms. The molecule has 0 aromatic rings. The average Bonchev–Trinajstić information content (AvgIpc) is 2.38. The molecule has 2 saturated carbocycles. The maximum absolute atomic E-state index is 11.3. The molecule has 0 heterocycles. The van der Waals surface area contributed by atoms with Crippen LogP contribution in [0.1, 0.15) is 57.8 Å². The van der Waals surface area contributed by atoms with Crippen LogP contribution in [0.15, 0.2) is 5.10 Å². The second kappa shape index (κ2) is 6.83. The Bertz CT molecular complexity index is 348. The summed E-state index contributed by atoms with van der Waals surface area (Å²) in [7, 11) is 0. The first kappa shape index (κ1) is 13.5. The maximum Gasteiger partial charge on any atom is 0.187 e. The number of carbonyl (C=O) groups excluding carboxylic acids is 1. The normalized spacial score (nSPS) is 24.0. The van der Waals surface area contributed by atoms with Crippen LogP contribution in [0.3, 0.4) is 0 Å². The van der Waals surface area contributed by atoms with Crippen molar-refractivity contribution in [1.29, 1.82) is 0 Å². The summed E-state index contributed by atoms with van der Waals surface area (Å²) in [5.41, 5.74) is 3.81. The highest BCUT2D eigenvalue weighted by molar-refractivity contribution is 7.80. The minimum Gasteiger partial charge on any atom is -0.359 e. The fourth-order valence-electron chi connectivity index (χ4n) is 2.58. The lowest BCUT2D eigenvalue weighted by atomic mass is 9.96. The highest BCUT2D eigenvalue weighted by atomic mass is 32.1. The first-order valence-electron chi connectivity index (χ1n) is 6.87. The van der Waals surface area contributed by atoms with Crippen molar-refractivity contribution in [2.75, 3.05) is 0 Å². The quantitative estimate of drug-likeness (QED) is 0.595. The molecule has 0 radical (unpaired) electrons. The van der Waals surface area contributed by atoms with Gasteiger partial charge >= 0.3 is 0 Å². The van der Waals surface area contributed by atoms with Crippen molar-refractivity contribution in [3.8, 4) is 0 Å². The maximum atomic E-state index is 11.3. The Labute approximate surface area is 114 Å². The highest BCUT2D eigenvalue weighted by Gasteiger charge is 2.16. The molecule has 0 aromatic carbocycles. The summed E-state index contributed by atoms with van der Waals surface area (Å²) in [5, 5.41) is 8.13. The molecule has 4 nitrogen and oxygen atoms in total. The van der Waals surface area contributed by atoms with Gasteiger partial charge in [-0.2, -0.15) is 5.10 Å². The molecule has 0 amide bonds. The van der Waals surface area contributed by atoms with Crippen molar-refractivity contribution in [1.82, 2.24) is 10.7 Å². The molecule has 2 fully saturated rings. The number of rotatable bonds is 2. The van der Waals surface area contributed by atoms with Crippen molar-refractivity contribution in [3.63, 3.8) is 0 Å². The van der Waals surface area contributed by atoms with E-state index in [0.29, 0.717) is 24.0 Å². The summed E-state index contributed by atoms with van der Waals surface area (Å²) in [4.78, 5) is 11.3. The molecule has 2 rings (SSSR count). The van der Waals surface area contributed by atoms with E-state index in [4.69, 9.17) is 12.2 Å². The van der Waals surface area contributed by atoms with E-state index in [1.165, 1.54) is 32.1 Å². The molecule has 18 heavy (non-hydrogen) atoms. The third kappa shape index (κ3) is 4.37. The molecule has 2 N–H and O–H groups in total. The first-order chi connectivity index (χ1) is 8.74. The van der Waals surface area contributed by atoms with Gasteiger partial charge in [0.05, 0.1) is 0 Å². The molecule has 0 aliphatic heterocycles. The largest absolute Gasteiger partial charge is 0.359 e. The zero-order valence-corrected chi connectivity index (χ0v) is 11.5. The van der Waals surface area contributed by atoms with Crippen LogP contribution in [0.2, 0.25) is 0 Å². The Balaban J connectivity index is 1.73. The van der Waals surface area contributed by atoms with Crippen molar-refractivity contribution in [2.24, 2.45) is 5.10 Å². The number of hydrogen-bond donors (Lipinski definition) is 2. The van der Waals surface area contributed by atoms with Crippen LogP contribution in [-0.2, 0) is 4.79 Å². The number of carbonyl (C=O) groups is 1. The minimum absolute atomic E-state index is 0.285. The zero-order valence-electron chi connectivity index (χ0n) is 10.7. The van der Waals surface area contributed by atoms with Crippen LogP contribution < -0.4 is 10.7 Å². The van der Waals surface area contributed by atoms with Crippen LogP contribution in [0.5, 0.6) is 0 Å². The van der Waals surface area contributed by atoms with Crippen molar-refractivity contribution in [2.45, 2.75) is 63.8 Å². The van der Waals surface area contributed by atoms with E-state index in [-0.39, 0.29) is 5.78 Å². The summed E-state index contributed by atoms with van der Waals surface area (Å²) in [6.07, 6.45) is 9.29. The molecule has 0 bridgehead atoms. The van der Waals surface area contributed by atoms with E-state index < -0.39 is 0 Å². The lowest BCUT2D eigenvalue weighted by Crippen LogP contribution is -2.41. The van der Waals surface area contributed by atoms with Gasteiger partial charge in [-0.05, 0) is 37.9 Å². The van der Waals surface area contributed by atoms with Crippen LogP contribution in [0.25, 0.3) is 0 Å². The molecule has 0 unspecified atom stereocenters. The number of thiocarbonyl (C=S) groups is 1. The zero-order chi connectivity index (χ0) is 12.8. The Kier molecular flexibility index (Phi) is 5.11. The molecule has 0 atom stereocenters. The second-order valence-electron chi connectivity index (χ2n) is 5.17. The van der Waals surface area contributed by atoms with E-state index in [0.717, 1.165) is 18.6 Å². The van der Waals surface area contributed by atoms with Crippen LogP contribution >= 0.6 is 12.2 Å². The van der Waals surface area contributed by atoms with Crippen LogP contribution in [0, 0.1) is 0 Å². The molecule has 0 spiro atoms. The predicted octanol–water partition coefficient (Wildman–Crippen LogP) is 2.28. The second-order valence-corrected chi connectivity index (χ2v) is 5.58. The number of nitrogens with one attached hydrogen (secondary N) is 2. The summed E-state index contributed by atoms with van der Waals surface area (Å²) in [5.74, 6) is 0.285. The van der Waals surface area contributed by atoms with Gasteiger partial charge in [-0.3, -0.25) is 10.2 Å². The molecular weight excluding hydrogens is 246 g/mol. The minimum atomic E-state index is 0.285. The molecule has 2 aliphatic rings. The number of nitrogens with zero attached hydrogens (tertiary/aromatic N) is 1. The third-order valence-corrected chi connectivity index (χ3v) is 3.79. The first-order valence-corrected chi connectivity index (χ1v) is 7.28. The number of Topliss-reactive ketones (excluding diaryl/α,β-unsaturated/α-hetero) is 1. The Morgan fingerprint density at radius 2 is 1.94 bits per heavy atom. The van der Waals surface area contributed by atoms with Crippen molar-refractivity contribution < 1.29 is 4.79 Å². The van der Waals surface area contributed by atoms with Gasteiger partial charge in [-0.25, -0.2) is 0 Å². The van der Waals surface area contributed by atoms with Crippen LogP contribution in [0.4, 0.5) is 0 Å². The lowest BCUT2D eigenvalue weighted by Gasteiger charge is -2.23. The Morgan fingerprint density at radius 3 is 2.67 bits per heavy atom. The van der Waals surface area contributed by atoms with Gasteiger partial charge in [0, 0.05) is 24.6 Å². The summed E-state index contributed by atoms with van der Waals surface area (Å²) in [6, 6.07) is 0.493. The van der Waals surface area contributed by atoms with E-state index in [9.17, 15) is 4.79 Å². The van der Waals surface area contributed by atoms with Crippen LogP contribution in [-0.4, -0.2) is 22.6 Å². The van der Waals surface area contributed by atoms with E-state index in [1.54, 1.807) is 0 Å². The Morgan fingerprint density at radius 1 is 1.17 bits per heavy atom.